The molecule has 1 N–H and O–H groups in total. The van der Waals surface area contributed by atoms with Gasteiger partial charge in [-0.05, 0) is 36.8 Å². The van der Waals surface area contributed by atoms with E-state index in [4.69, 9.17) is 9.84 Å². The van der Waals surface area contributed by atoms with Gasteiger partial charge in [0.15, 0.2) is 17.4 Å². The van der Waals surface area contributed by atoms with Crippen molar-refractivity contribution in [3.63, 3.8) is 0 Å². The van der Waals surface area contributed by atoms with Gasteiger partial charge in [-0.3, -0.25) is 9.67 Å². The number of fused-ring (bicyclic) bond motifs is 1. The molecule has 0 saturated heterocycles. The highest BCUT2D eigenvalue weighted by Gasteiger charge is 2.32. The molecule has 36 heavy (non-hydrogen) atoms. The first-order chi connectivity index (χ1) is 17.3. The zero-order valence-electron chi connectivity index (χ0n) is 19.3. The number of para-hydroxylation sites is 1. The summed E-state index contributed by atoms with van der Waals surface area (Å²) in [5.41, 5.74) is 2.08. The first-order valence-electron chi connectivity index (χ1n) is 10.9. The highest BCUT2D eigenvalue weighted by atomic mass is 19.4. The summed E-state index contributed by atoms with van der Waals surface area (Å²) in [6, 6.07) is 13.5. The number of hydrogen-bond acceptors (Lipinski definition) is 7. The van der Waals surface area contributed by atoms with Crippen LogP contribution in [0.2, 0.25) is 0 Å². The van der Waals surface area contributed by atoms with Crippen molar-refractivity contribution in [2.75, 3.05) is 12.4 Å². The Kier molecular flexibility index (Phi) is 5.96. The van der Waals surface area contributed by atoms with E-state index in [1.807, 2.05) is 24.3 Å². The molecule has 11 heteroatoms. The van der Waals surface area contributed by atoms with Crippen LogP contribution >= 0.6 is 0 Å². The molecule has 0 radical (unpaired) electrons. The molecule has 0 unspecified atom stereocenters. The molecule has 8 nitrogen and oxygen atoms in total. The van der Waals surface area contributed by atoms with Gasteiger partial charge in [0, 0.05) is 29.2 Å². The number of ether oxygens (including phenoxy) is 1. The lowest BCUT2D eigenvalue weighted by atomic mass is 10.1. The van der Waals surface area contributed by atoms with Crippen LogP contribution in [0, 0.1) is 6.92 Å². The molecule has 0 aliphatic carbocycles. The summed E-state index contributed by atoms with van der Waals surface area (Å²) in [5, 5.41) is 8.74. The maximum atomic E-state index is 13.0. The maximum Gasteiger partial charge on any atom is 0.433 e. The van der Waals surface area contributed by atoms with Gasteiger partial charge < -0.3 is 10.1 Å². The van der Waals surface area contributed by atoms with Gasteiger partial charge in [0.05, 0.1) is 25.4 Å². The molecule has 182 valence electrons. The van der Waals surface area contributed by atoms with Crippen LogP contribution in [-0.4, -0.2) is 36.8 Å². The summed E-state index contributed by atoms with van der Waals surface area (Å²) >= 11 is 0. The third-order valence-corrected chi connectivity index (χ3v) is 5.59. The molecule has 5 aromatic rings. The van der Waals surface area contributed by atoms with Gasteiger partial charge in [0.1, 0.15) is 11.4 Å². The predicted octanol–water partition coefficient (Wildman–Crippen LogP) is 5.41. The van der Waals surface area contributed by atoms with Crippen molar-refractivity contribution in [2.45, 2.75) is 19.6 Å². The summed E-state index contributed by atoms with van der Waals surface area (Å²) in [5.74, 6) is 1.27. The second-order valence-electron chi connectivity index (χ2n) is 7.93. The smallest absolute Gasteiger partial charge is 0.433 e. The minimum absolute atomic E-state index is 0.232. The molecule has 0 atom stereocenters. The Labute approximate surface area is 203 Å². The van der Waals surface area contributed by atoms with Crippen LogP contribution in [0.4, 0.5) is 24.7 Å². The number of halogens is 3. The van der Waals surface area contributed by atoms with Crippen molar-refractivity contribution in [3.05, 3.63) is 84.1 Å². The minimum atomic E-state index is -4.50. The van der Waals surface area contributed by atoms with Crippen LogP contribution < -0.4 is 10.1 Å². The summed E-state index contributed by atoms with van der Waals surface area (Å²) in [6.07, 6.45) is 0.375. The van der Waals surface area contributed by atoms with Gasteiger partial charge >= 0.3 is 6.18 Å². The number of alkyl halides is 3. The Morgan fingerprint density at radius 2 is 1.78 bits per heavy atom. The van der Waals surface area contributed by atoms with Crippen LogP contribution in [0.15, 0.2) is 67.1 Å². The fourth-order valence-corrected chi connectivity index (χ4v) is 3.79. The average molecular weight is 491 g/mol. The van der Waals surface area contributed by atoms with E-state index in [1.165, 1.54) is 13.2 Å². The first-order valence-corrected chi connectivity index (χ1v) is 10.9. The molecule has 0 aliphatic heterocycles. The number of anilines is 2. The molecule has 4 aromatic heterocycles. The second-order valence-corrected chi connectivity index (χ2v) is 7.93. The summed E-state index contributed by atoms with van der Waals surface area (Å²) in [7, 11) is 1.53. The molecule has 0 bridgehead atoms. The van der Waals surface area contributed by atoms with E-state index >= 15 is 0 Å². The van der Waals surface area contributed by atoms with E-state index in [-0.39, 0.29) is 12.2 Å². The van der Waals surface area contributed by atoms with Crippen LogP contribution in [0.5, 0.6) is 5.75 Å². The summed E-state index contributed by atoms with van der Waals surface area (Å²) in [6.45, 7) is 1.79. The SMILES string of the molecule is COc1cnc(-c2nn(Cc3ccc(C(F)(F)F)nc3C)c3ccccc23)nc1Nc1ccncc1. The van der Waals surface area contributed by atoms with E-state index in [1.54, 1.807) is 42.3 Å². The first kappa shape index (κ1) is 23.2. The molecule has 0 spiro atoms. The molecule has 1 aromatic carbocycles. The Morgan fingerprint density at radius 1 is 1.00 bits per heavy atom. The summed E-state index contributed by atoms with van der Waals surface area (Å²) < 4.78 is 46.2. The van der Waals surface area contributed by atoms with E-state index in [9.17, 15) is 13.2 Å². The van der Waals surface area contributed by atoms with Gasteiger partial charge in [-0.1, -0.05) is 24.3 Å². The minimum Gasteiger partial charge on any atom is -0.491 e. The average Bonchev–Trinajstić information content (AvgIpc) is 3.23. The molecular formula is C25H20F3N7O. The summed E-state index contributed by atoms with van der Waals surface area (Å²) in [4.78, 5) is 16.9. The number of nitrogens with one attached hydrogen (secondary N) is 1. The second kappa shape index (κ2) is 9.25. The van der Waals surface area contributed by atoms with Crippen LogP contribution in [0.1, 0.15) is 17.0 Å². The van der Waals surface area contributed by atoms with Gasteiger partial charge in [0.25, 0.3) is 0 Å². The molecule has 5 rings (SSSR count). The lowest BCUT2D eigenvalue weighted by Crippen LogP contribution is -2.11. The van der Waals surface area contributed by atoms with E-state index in [2.05, 4.69) is 25.3 Å². The van der Waals surface area contributed by atoms with Crippen molar-refractivity contribution >= 4 is 22.4 Å². The Morgan fingerprint density at radius 3 is 2.50 bits per heavy atom. The molecule has 0 aliphatic rings. The molecule has 0 fully saturated rings. The largest absolute Gasteiger partial charge is 0.491 e. The van der Waals surface area contributed by atoms with Crippen molar-refractivity contribution in [3.8, 4) is 17.3 Å². The lowest BCUT2D eigenvalue weighted by Gasteiger charge is -2.11. The number of methoxy groups -OCH3 is 1. The van der Waals surface area contributed by atoms with E-state index in [0.29, 0.717) is 28.6 Å². The third kappa shape index (κ3) is 4.54. The fourth-order valence-electron chi connectivity index (χ4n) is 3.79. The monoisotopic (exact) mass is 491 g/mol. The highest BCUT2D eigenvalue weighted by Crippen LogP contribution is 2.32. The Bertz CT molecular complexity index is 1530. The standard InChI is InChI=1S/C25H20F3N7O/c1-15-16(7-8-21(31-15)25(26,27)28)14-35-19-6-4-3-5-18(19)22(34-35)24-30-13-20(36-2)23(33-24)32-17-9-11-29-12-10-17/h3-13H,14H2,1-2H3,(H,29,30,32,33). The number of nitrogens with zero attached hydrogens (tertiary/aromatic N) is 6. The van der Waals surface area contributed by atoms with Gasteiger partial charge in [0.2, 0.25) is 0 Å². The van der Waals surface area contributed by atoms with Crippen LogP contribution in [0.3, 0.4) is 0 Å². The number of benzene rings is 1. The highest BCUT2D eigenvalue weighted by molar-refractivity contribution is 5.92. The molecule has 0 amide bonds. The van der Waals surface area contributed by atoms with Crippen LogP contribution in [-0.2, 0) is 12.7 Å². The molecule has 0 saturated carbocycles. The molecular weight excluding hydrogens is 471 g/mol. The van der Waals surface area contributed by atoms with Gasteiger partial charge in [-0.2, -0.15) is 18.3 Å². The Balaban J connectivity index is 1.55. The van der Waals surface area contributed by atoms with E-state index < -0.39 is 11.9 Å². The topological polar surface area (TPSA) is 90.6 Å². The van der Waals surface area contributed by atoms with Gasteiger partial charge in [-0.25, -0.2) is 15.0 Å². The number of hydrogen-bond donors (Lipinski definition) is 1. The number of aromatic nitrogens is 6. The van der Waals surface area contributed by atoms with E-state index in [0.717, 1.165) is 22.7 Å². The predicted molar refractivity (Wildman–Crippen MR) is 128 cm³/mol. The zero-order chi connectivity index (χ0) is 25.3. The van der Waals surface area contributed by atoms with Gasteiger partial charge in [-0.15, -0.1) is 0 Å². The quantitative estimate of drug-likeness (QED) is 0.340. The van der Waals surface area contributed by atoms with Crippen LogP contribution in [0.25, 0.3) is 22.4 Å². The number of rotatable bonds is 6. The normalized spacial score (nSPS) is 11.6. The van der Waals surface area contributed by atoms with Crippen molar-refractivity contribution < 1.29 is 17.9 Å². The number of pyridine rings is 2. The van der Waals surface area contributed by atoms with Crippen molar-refractivity contribution in [1.29, 1.82) is 0 Å². The lowest BCUT2D eigenvalue weighted by molar-refractivity contribution is -0.141. The van der Waals surface area contributed by atoms with Crippen molar-refractivity contribution in [2.24, 2.45) is 0 Å². The Hall–Kier alpha value is -4.54. The molecule has 4 heterocycles. The zero-order valence-corrected chi connectivity index (χ0v) is 19.3. The number of aryl methyl sites for hydroxylation is 1. The third-order valence-electron chi connectivity index (χ3n) is 5.59. The maximum absolute atomic E-state index is 13.0. The van der Waals surface area contributed by atoms with Crippen molar-refractivity contribution in [1.82, 2.24) is 29.7 Å². The fraction of sp³-hybridized carbons (Fsp3) is 0.160.